The van der Waals surface area contributed by atoms with Crippen molar-refractivity contribution in [1.82, 2.24) is 5.32 Å². The van der Waals surface area contributed by atoms with Crippen LogP contribution in [0.3, 0.4) is 0 Å². The van der Waals surface area contributed by atoms with Gasteiger partial charge in [-0.25, -0.2) is 0 Å². The maximum Gasteiger partial charge on any atom is 0.307 e. The highest BCUT2D eigenvalue weighted by Crippen LogP contribution is 2.41. The lowest BCUT2D eigenvalue weighted by Gasteiger charge is -2.27. The van der Waals surface area contributed by atoms with Gasteiger partial charge in [0.1, 0.15) is 0 Å². The first kappa shape index (κ1) is 14.1. The van der Waals surface area contributed by atoms with Gasteiger partial charge in [0.25, 0.3) is 0 Å². The Bertz CT molecular complexity index is 528. The predicted octanol–water partition coefficient (Wildman–Crippen LogP) is 2.55. The van der Waals surface area contributed by atoms with Crippen LogP contribution in [0.15, 0.2) is 30.3 Å². The van der Waals surface area contributed by atoms with E-state index in [9.17, 15) is 14.7 Å². The molecule has 2 aliphatic carbocycles. The summed E-state index contributed by atoms with van der Waals surface area (Å²) >= 11 is 0. The zero-order chi connectivity index (χ0) is 14.8. The molecule has 2 saturated carbocycles. The number of carbonyl (C=O) groups is 2. The molecule has 1 aromatic rings. The van der Waals surface area contributed by atoms with Gasteiger partial charge in [-0.05, 0) is 24.8 Å². The van der Waals surface area contributed by atoms with E-state index in [1.165, 1.54) is 5.56 Å². The van der Waals surface area contributed by atoms with E-state index < -0.39 is 11.9 Å². The first-order valence-electron chi connectivity index (χ1n) is 7.75. The molecule has 0 bridgehead atoms. The normalized spacial score (nSPS) is 31.4. The van der Waals surface area contributed by atoms with Crippen molar-refractivity contribution < 1.29 is 14.7 Å². The molecule has 0 aromatic heterocycles. The molecular formula is C17H21NO3. The van der Waals surface area contributed by atoms with Crippen molar-refractivity contribution in [3.63, 3.8) is 0 Å². The number of carboxylic acid groups (broad SMARTS) is 1. The SMILES string of the molecule is O=C(O)[C@H]1CCCC[C@H]1C(=O)NC1CC1c1ccccc1. The summed E-state index contributed by atoms with van der Waals surface area (Å²) in [6.07, 6.45) is 4.15. The Labute approximate surface area is 124 Å². The summed E-state index contributed by atoms with van der Waals surface area (Å²) in [5, 5.41) is 12.3. The van der Waals surface area contributed by atoms with Crippen LogP contribution in [-0.4, -0.2) is 23.0 Å². The van der Waals surface area contributed by atoms with Crippen molar-refractivity contribution in [2.75, 3.05) is 0 Å². The predicted molar refractivity (Wildman–Crippen MR) is 78.8 cm³/mol. The molecule has 0 heterocycles. The highest BCUT2D eigenvalue weighted by atomic mass is 16.4. The number of nitrogens with one attached hydrogen (secondary N) is 1. The third-order valence-corrected chi connectivity index (χ3v) is 4.77. The fourth-order valence-corrected chi connectivity index (χ4v) is 3.45. The Morgan fingerprint density at radius 1 is 1.05 bits per heavy atom. The quantitative estimate of drug-likeness (QED) is 0.894. The lowest BCUT2D eigenvalue weighted by molar-refractivity contribution is -0.148. The second kappa shape index (κ2) is 5.88. The van der Waals surface area contributed by atoms with Crippen LogP contribution in [0.5, 0.6) is 0 Å². The molecule has 0 spiro atoms. The van der Waals surface area contributed by atoms with Gasteiger partial charge >= 0.3 is 5.97 Å². The fourth-order valence-electron chi connectivity index (χ4n) is 3.45. The van der Waals surface area contributed by atoms with Gasteiger partial charge in [0.2, 0.25) is 5.91 Å². The Morgan fingerprint density at radius 2 is 1.71 bits per heavy atom. The molecule has 0 saturated heterocycles. The van der Waals surface area contributed by atoms with Crippen LogP contribution in [0.1, 0.15) is 43.6 Å². The summed E-state index contributed by atoms with van der Waals surface area (Å²) in [7, 11) is 0. The minimum absolute atomic E-state index is 0.0643. The third-order valence-electron chi connectivity index (χ3n) is 4.77. The van der Waals surface area contributed by atoms with Crippen molar-refractivity contribution in [3.05, 3.63) is 35.9 Å². The van der Waals surface area contributed by atoms with Gasteiger partial charge in [-0.3, -0.25) is 9.59 Å². The van der Waals surface area contributed by atoms with Crippen molar-refractivity contribution in [2.24, 2.45) is 11.8 Å². The van der Waals surface area contributed by atoms with E-state index in [0.29, 0.717) is 18.8 Å². The van der Waals surface area contributed by atoms with Crippen molar-refractivity contribution in [2.45, 2.75) is 44.1 Å². The molecule has 1 amide bonds. The van der Waals surface area contributed by atoms with Crippen LogP contribution in [0, 0.1) is 11.8 Å². The Kier molecular flexibility index (Phi) is 3.95. The molecule has 2 aliphatic rings. The molecular weight excluding hydrogens is 266 g/mol. The summed E-state index contributed by atoms with van der Waals surface area (Å²) in [6, 6.07) is 10.3. The van der Waals surface area contributed by atoms with Gasteiger partial charge in [-0.2, -0.15) is 0 Å². The minimum Gasteiger partial charge on any atom is -0.481 e. The molecule has 4 heteroatoms. The van der Waals surface area contributed by atoms with Crippen LogP contribution in [0.2, 0.25) is 0 Å². The van der Waals surface area contributed by atoms with E-state index in [1.54, 1.807) is 0 Å². The zero-order valence-corrected chi connectivity index (χ0v) is 12.0. The number of rotatable bonds is 4. The Hall–Kier alpha value is -1.84. The molecule has 4 atom stereocenters. The van der Waals surface area contributed by atoms with Crippen LogP contribution in [0.4, 0.5) is 0 Å². The molecule has 0 aliphatic heterocycles. The van der Waals surface area contributed by atoms with Crippen LogP contribution in [-0.2, 0) is 9.59 Å². The van der Waals surface area contributed by atoms with E-state index in [4.69, 9.17) is 0 Å². The number of hydrogen-bond acceptors (Lipinski definition) is 2. The molecule has 0 radical (unpaired) electrons. The molecule has 21 heavy (non-hydrogen) atoms. The maximum atomic E-state index is 12.4. The van der Waals surface area contributed by atoms with Gasteiger partial charge < -0.3 is 10.4 Å². The summed E-state index contributed by atoms with van der Waals surface area (Å²) < 4.78 is 0. The van der Waals surface area contributed by atoms with E-state index in [-0.39, 0.29) is 17.9 Å². The molecule has 2 unspecified atom stereocenters. The van der Waals surface area contributed by atoms with Gasteiger partial charge in [0.15, 0.2) is 0 Å². The number of carboxylic acids is 1. The van der Waals surface area contributed by atoms with Crippen LogP contribution < -0.4 is 5.32 Å². The number of carbonyl (C=O) groups excluding carboxylic acids is 1. The van der Waals surface area contributed by atoms with E-state index >= 15 is 0 Å². The first-order chi connectivity index (χ1) is 10.2. The average molecular weight is 287 g/mol. The first-order valence-corrected chi connectivity index (χ1v) is 7.75. The number of hydrogen-bond donors (Lipinski definition) is 2. The van der Waals surface area contributed by atoms with Crippen LogP contribution in [0.25, 0.3) is 0 Å². The van der Waals surface area contributed by atoms with Crippen LogP contribution >= 0.6 is 0 Å². The second-order valence-electron chi connectivity index (χ2n) is 6.20. The number of benzene rings is 1. The highest BCUT2D eigenvalue weighted by Gasteiger charge is 2.42. The summed E-state index contributed by atoms with van der Waals surface area (Å²) in [5.74, 6) is -1.36. The van der Waals surface area contributed by atoms with Crippen molar-refractivity contribution >= 4 is 11.9 Å². The molecule has 1 aromatic carbocycles. The highest BCUT2D eigenvalue weighted by molar-refractivity contribution is 5.85. The van der Waals surface area contributed by atoms with Gasteiger partial charge in [0.05, 0.1) is 11.8 Å². The van der Waals surface area contributed by atoms with Crippen molar-refractivity contribution in [3.8, 4) is 0 Å². The topological polar surface area (TPSA) is 66.4 Å². The molecule has 3 rings (SSSR count). The number of amides is 1. The van der Waals surface area contributed by atoms with Gasteiger partial charge in [-0.15, -0.1) is 0 Å². The minimum atomic E-state index is -0.828. The van der Waals surface area contributed by atoms with Crippen molar-refractivity contribution in [1.29, 1.82) is 0 Å². The fraction of sp³-hybridized carbons (Fsp3) is 0.529. The third kappa shape index (κ3) is 3.09. The zero-order valence-electron chi connectivity index (χ0n) is 12.0. The largest absolute Gasteiger partial charge is 0.481 e. The van der Waals surface area contributed by atoms with E-state index in [0.717, 1.165) is 19.3 Å². The van der Waals surface area contributed by atoms with E-state index in [1.807, 2.05) is 18.2 Å². The number of aliphatic carboxylic acids is 1. The Morgan fingerprint density at radius 3 is 2.38 bits per heavy atom. The lowest BCUT2D eigenvalue weighted by atomic mass is 9.78. The monoisotopic (exact) mass is 287 g/mol. The molecule has 2 N–H and O–H groups in total. The molecule has 112 valence electrons. The molecule has 2 fully saturated rings. The summed E-state index contributed by atoms with van der Waals surface area (Å²) in [4.78, 5) is 23.6. The lowest BCUT2D eigenvalue weighted by Crippen LogP contribution is -2.40. The van der Waals surface area contributed by atoms with Gasteiger partial charge in [0, 0.05) is 12.0 Å². The summed E-state index contributed by atoms with van der Waals surface area (Å²) in [5.41, 5.74) is 1.25. The smallest absolute Gasteiger partial charge is 0.307 e. The van der Waals surface area contributed by atoms with Gasteiger partial charge in [-0.1, -0.05) is 43.2 Å². The van der Waals surface area contributed by atoms with E-state index in [2.05, 4.69) is 17.4 Å². The Balaban J connectivity index is 1.58. The molecule has 4 nitrogen and oxygen atoms in total. The average Bonchev–Trinajstić information content (AvgIpc) is 3.27. The second-order valence-corrected chi connectivity index (χ2v) is 6.20. The maximum absolute atomic E-state index is 12.4. The standard InChI is InChI=1S/C17H21NO3/c19-16(12-8-4-5-9-13(12)17(20)21)18-15-10-14(15)11-6-2-1-3-7-11/h1-3,6-7,12-15H,4-5,8-10H2,(H,18,19)(H,20,21)/t12-,13+,14?,15?/m1/s1. The summed E-state index contributed by atoms with van der Waals surface area (Å²) in [6.45, 7) is 0.